The van der Waals surface area contributed by atoms with Crippen molar-refractivity contribution in [2.24, 2.45) is 0 Å². The minimum atomic E-state index is 0.270. The second-order valence-corrected chi connectivity index (χ2v) is 9.06. The van der Waals surface area contributed by atoms with Gasteiger partial charge in [-0.3, -0.25) is 9.78 Å². The second kappa shape index (κ2) is 10.4. The maximum Gasteiger partial charge on any atom is 0.224 e. The summed E-state index contributed by atoms with van der Waals surface area (Å²) in [5.41, 5.74) is 6.35. The fraction of sp³-hybridized carbons (Fsp3) is 0.538. The van der Waals surface area contributed by atoms with Crippen LogP contribution < -0.4 is 0 Å². The molecule has 3 heterocycles. The van der Waals surface area contributed by atoms with Crippen LogP contribution in [-0.2, 0) is 16.0 Å². The van der Waals surface area contributed by atoms with E-state index in [4.69, 9.17) is 9.72 Å². The highest BCUT2D eigenvalue weighted by Crippen LogP contribution is 2.28. The molecule has 0 saturated carbocycles. The van der Waals surface area contributed by atoms with E-state index in [-0.39, 0.29) is 5.91 Å². The number of carbonyl (C=O) groups excluding carboxylic acids is 1. The van der Waals surface area contributed by atoms with Gasteiger partial charge in [0.25, 0.3) is 0 Å². The number of pyridine rings is 1. The minimum absolute atomic E-state index is 0.270. The van der Waals surface area contributed by atoms with Crippen LogP contribution in [0.5, 0.6) is 0 Å². The number of benzene rings is 1. The van der Waals surface area contributed by atoms with Crippen LogP contribution in [0.25, 0.3) is 0 Å². The molecule has 2 saturated heterocycles. The quantitative estimate of drug-likeness (QED) is 0.713. The van der Waals surface area contributed by atoms with Crippen molar-refractivity contribution in [3.8, 4) is 0 Å². The number of nitrogens with zero attached hydrogens (tertiary/aromatic N) is 3. The Bertz CT molecular complexity index is 867. The molecular weight excluding hydrogens is 386 g/mol. The van der Waals surface area contributed by atoms with E-state index >= 15 is 0 Å². The van der Waals surface area contributed by atoms with Crippen LogP contribution in [0, 0.1) is 13.8 Å². The summed E-state index contributed by atoms with van der Waals surface area (Å²) in [7, 11) is 0. The van der Waals surface area contributed by atoms with Gasteiger partial charge in [-0.1, -0.05) is 29.8 Å². The number of likely N-dealkylation sites (tertiary alicyclic amines) is 1. The first-order chi connectivity index (χ1) is 15.1. The number of hydrogen-bond donors (Lipinski definition) is 0. The van der Waals surface area contributed by atoms with Crippen molar-refractivity contribution in [1.29, 1.82) is 0 Å². The number of ether oxygens (including phenoxy) is 1. The normalized spacial score (nSPS) is 18.3. The molecule has 5 heteroatoms. The van der Waals surface area contributed by atoms with Crippen LogP contribution in [0.2, 0.25) is 0 Å². The highest BCUT2D eigenvalue weighted by atomic mass is 16.5. The van der Waals surface area contributed by atoms with E-state index in [0.29, 0.717) is 25.6 Å². The highest BCUT2D eigenvalue weighted by Gasteiger charge is 2.23. The van der Waals surface area contributed by atoms with Gasteiger partial charge in [-0.2, -0.15) is 0 Å². The van der Waals surface area contributed by atoms with Crippen molar-refractivity contribution in [3.63, 3.8) is 0 Å². The molecule has 1 aromatic heterocycles. The zero-order valence-electron chi connectivity index (χ0n) is 19.0. The Morgan fingerprint density at radius 1 is 1.00 bits per heavy atom. The lowest BCUT2D eigenvalue weighted by Gasteiger charge is -2.33. The van der Waals surface area contributed by atoms with E-state index in [1.54, 1.807) is 0 Å². The Morgan fingerprint density at radius 2 is 1.71 bits per heavy atom. The molecule has 0 atom stereocenters. The molecule has 2 aromatic rings. The Labute approximate surface area is 186 Å². The fourth-order valence-corrected chi connectivity index (χ4v) is 4.70. The van der Waals surface area contributed by atoms with E-state index in [1.807, 2.05) is 4.90 Å². The topological polar surface area (TPSA) is 45.7 Å². The fourth-order valence-electron chi connectivity index (χ4n) is 4.70. The Morgan fingerprint density at radius 3 is 2.42 bits per heavy atom. The van der Waals surface area contributed by atoms with Gasteiger partial charge in [-0.15, -0.1) is 0 Å². The van der Waals surface area contributed by atoms with Gasteiger partial charge >= 0.3 is 0 Å². The summed E-state index contributed by atoms with van der Waals surface area (Å²) >= 11 is 0. The predicted octanol–water partition coefficient (Wildman–Crippen LogP) is 3.72. The number of amides is 1. The van der Waals surface area contributed by atoms with E-state index in [9.17, 15) is 4.79 Å². The van der Waals surface area contributed by atoms with Crippen molar-refractivity contribution in [2.45, 2.75) is 45.4 Å². The number of aryl methyl sites for hydroxylation is 2. The lowest BCUT2D eigenvalue weighted by atomic mass is 9.91. The molecule has 0 radical (unpaired) electrons. The molecule has 1 aromatic carbocycles. The van der Waals surface area contributed by atoms with Gasteiger partial charge in [0.05, 0.1) is 13.2 Å². The van der Waals surface area contributed by atoms with E-state index in [1.165, 1.54) is 22.4 Å². The third-order valence-electron chi connectivity index (χ3n) is 6.57. The Hall–Kier alpha value is -2.24. The first-order valence-corrected chi connectivity index (χ1v) is 11.7. The van der Waals surface area contributed by atoms with Gasteiger partial charge in [0.15, 0.2) is 0 Å². The van der Waals surface area contributed by atoms with E-state index in [2.05, 4.69) is 55.1 Å². The van der Waals surface area contributed by atoms with Gasteiger partial charge < -0.3 is 14.5 Å². The lowest BCUT2D eigenvalue weighted by molar-refractivity contribution is -0.135. The summed E-state index contributed by atoms with van der Waals surface area (Å²) in [5, 5.41) is 0. The number of morpholine rings is 1. The van der Waals surface area contributed by atoms with Crippen LogP contribution in [0.15, 0.2) is 36.4 Å². The monoisotopic (exact) mass is 421 g/mol. The number of carbonyl (C=O) groups is 1. The maximum atomic E-state index is 12.4. The number of aromatic nitrogens is 1. The molecule has 4 rings (SSSR count). The van der Waals surface area contributed by atoms with Crippen LogP contribution in [0.1, 0.15) is 53.3 Å². The lowest BCUT2D eigenvalue weighted by Crippen LogP contribution is -2.42. The van der Waals surface area contributed by atoms with Crippen LogP contribution in [0.3, 0.4) is 0 Å². The summed E-state index contributed by atoms with van der Waals surface area (Å²) in [6, 6.07) is 13.3. The third-order valence-corrected chi connectivity index (χ3v) is 6.57. The first kappa shape index (κ1) is 22.0. The third kappa shape index (κ3) is 6.14. The zero-order valence-corrected chi connectivity index (χ0v) is 19.0. The van der Waals surface area contributed by atoms with Crippen molar-refractivity contribution in [3.05, 3.63) is 64.5 Å². The van der Waals surface area contributed by atoms with Crippen LogP contribution in [0.4, 0.5) is 0 Å². The minimum Gasteiger partial charge on any atom is -0.378 e. The smallest absolute Gasteiger partial charge is 0.224 e. The largest absolute Gasteiger partial charge is 0.378 e. The van der Waals surface area contributed by atoms with Crippen molar-refractivity contribution in [2.75, 3.05) is 45.9 Å². The van der Waals surface area contributed by atoms with Gasteiger partial charge in [0, 0.05) is 43.4 Å². The highest BCUT2D eigenvalue weighted by molar-refractivity contribution is 5.76. The van der Waals surface area contributed by atoms with E-state index in [0.717, 1.165) is 57.7 Å². The van der Waals surface area contributed by atoms with Gasteiger partial charge in [0.1, 0.15) is 0 Å². The average molecular weight is 422 g/mol. The molecule has 5 nitrogen and oxygen atoms in total. The van der Waals surface area contributed by atoms with Crippen LogP contribution in [-0.4, -0.2) is 66.6 Å². The second-order valence-electron chi connectivity index (χ2n) is 9.06. The van der Waals surface area contributed by atoms with Crippen molar-refractivity contribution in [1.82, 2.24) is 14.8 Å². The number of hydrogen-bond acceptors (Lipinski definition) is 4. The summed E-state index contributed by atoms with van der Waals surface area (Å²) in [4.78, 5) is 21.7. The molecule has 0 unspecified atom stereocenters. The molecule has 2 aliphatic rings. The summed E-state index contributed by atoms with van der Waals surface area (Å²) < 4.78 is 5.34. The van der Waals surface area contributed by atoms with Crippen molar-refractivity contribution >= 4 is 5.91 Å². The molecule has 0 aliphatic carbocycles. The summed E-state index contributed by atoms with van der Waals surface area (Å²) in [6.45, 7) is 10.0. The molecule has 166 valence electrons. The van der Waals surface area contributed by atoms with Gasteiger partial charge in [-0.25, -0.2) is 0 Å². The molecule has 0 spiro atoms. The molecule has 31 heavy (non-hydrogen) atoms. The summed E-state index contributed by atoms with van der Waals surface area (Å²) in [5.74, 6) is 0.786. The van der Waals surface area contributed by atoms with Gasteiger partial charge in [-0.05, 0) is 69.5 Å². The molecular formula is C26H35N3O2. The number of rotatable bonds is 6. The number of piperidine rings is 1. The molecule has 0 N–H and O–H groups in total. The predicted molar refractivity (Wildman–Crippen MR) is 123 cm³/mol. The molecule has 0 bridgehead atoms. The Balaban J connectivity index is 1.29. The maximum absolute atomic E-state index is 12.4. The Kier molecular flexibility index (Phi) is 7.36. The standard InChI is InChI=1S/C26H35N3O2/c1-20-3-5-22(6-4-20)18-23-17-21(2)27-25(19-23)24-7-10-28(11-8-24)12-9-26(30)29-13-15-31-16-14-29/h3-6,17,19,24H,7-16,18H2,1-2H3. The van der Waals surface area contributed by atoms with E-state index < -0.39 is 0 Å². The van der Waals surface area contributed by atoms with Crippen LogP contribution >= 0.6 is 0 Å². The SMILES string of the molecule is Cc1ccc(Cc2cc(C)nc(C3CCN(CCC(=O)N4CCOCC4)CC3)c2)cc1. The molecule has 2 fully saturated rings. The van der Waals surface area contributed by atoms with Gasteiger partial charge in [0.2, 0.25) is 5.91 Å². The first-order valence-electron chi connectivity index (χ1n) is 11.7. The molecule has 1 amide bonds. The zero-order chi connectivity index (χ0) is 21.6. The molecule has 2 aliphatic heterocycles. The summed E-state index contributed by atoms with van der Waals surface area (Å²) in [6.07, 6.45) is 3.81. The van der Waals surface area contributed by atoms with Crippen molar-refractivity contribution < 1.29 is 9.53 Å². The average Bonchev–Trinajstić information content (AvgIpc) is 2.79.